The second-order valence-corrected chi connectivity index (χ2v) is 4.16. The van der Waals surface area contributed by atoms with Crippen molar-refractivity contribution in [2.45, 2.75) is 26.7 Å². The van der Waals surface area contributed by atoms with Crippen molar-refractivity contribution in [3.8, 4) is 0 Å². The van der Waals surface area contributed by atoms with Crippen LogP contribution in [0.4, 0.5) is 4.39 Å². The van der Waals surface area contributed by atoms with Crippen LogP contribution in [0.1, 0.15) is 35.7 Å². The lowest BCUT2D eigenvalue weighted by molar-refractivity contribution is 0.0923. The topological polar surface area (TPSA) is 43.1 Å². The van der Waals surface area contributed by atoms with Crippen LogP contribution in [0.3, 0.4) is 0 Å². The third-order valence-corrected chi connectivity index (χ3v) is 2.75. The molecule has 1 atom stereocenters. The lowest BCUT2D eigenvalue weighted by Gasteiger charge is -2.10. The molecule has 0 saturated heterocycles. The van der Waals surface area contributed by atoms with E-state index < -0.39 is 0 Å². The predicted molar refractivity (Wildman–Crippen MR) is 62.9 cm³/mol. The smallest absolute Gasteiger partial charge is 0.165 e. The highest BCUT2D eigenvalue weighted by Gasteiger charge is 2.15. The molecule has 0 heterocycles. The predicted octanol–water partition coefficient (Wildman–Crippen LogP) is 2.69. The molecule has 0 aromatic heterocycles. The van der Waals surface area contributed by atoms with Gasteiger partial charge in [-0.25, -0.2) is 4.39 Å². The lowest BCUT2D eigenvalue weighted by Crippen LogP contribution is -2.13. The fourth-order valence-corrected chi connectivity index (χ4v) is 1.59. The van der Waals surface area contributed by atoms with E-state index in [1.807, 2.05) is 6.92 Å². The number of aryl methyl sites for hydroxylation is 1. The summed E-state index contributed by atoms with van der Waals surface area (Å²) in [5.41, 5.74) is 6.40. The zero-order valence-corrected chi connectivity index (χ0v) is 9.79. The van der Waals surface area contributed by atoms with Crippen molar-refractivity contribution in [2.75, 3.05) is 6.54 Å². The SMILES string of the molecule is Cc1ccc(C(=O)C(C)CCCN)cc1F. The highest BCUT2D eigenvalue weighted by atomic mass is 19.1. The van der Waals surface area contributed by atoms with Crippen LogP contribution in [0, 0.1) is 18.7 Å². The third-order valence-electron chi connectivity index (χ3n) is 2.75. The van der Waals surface area contributed by atoms with E-state index in [4.69, 9.17) is 5.73 Å². The Morgan fingerprint density at radius 3 is 2.75 bits per heavy atom. The van der Waals surface area contributed by atoms with Crippen molar-refractivity contribution in [1.82, 2.24) is 0 Å². The molecule has 0 bridgehead atoms. The van der Waals surface area contributed by atoms with Crippen LogP contribution in [0.5, 0.6) is 0 Å². The molecule has 0 saturated carbocycles. The Labute approximate surface area is 95.7 Å². The molecule has 0 radical (unpaired) electrons. The van der Waals surface area contributed by atoms with E-state index in [9.17, 15) is 9.18 Å². The second-order valence-electron chi connectivity index (χ2n) is 4.16. The van der Waals surface area contributed by atoms with Crippen LogP contribution < -0.4 is 5.73 Å². The number of hydrogen-bond donors (Lipinski definition) is 1. The van der Waals surface area contributed by atoms with Crippen molar-refractivity contribution in [3.05, 3.63) is 35.1 Å². The Bertz CT molecular complexity index is 376. The van der Waals surface area contributed by atoms with E-state index in [1.165, 1.54) is 6.07 Å². The molecule has 3 heteroatoms. The van der Waals surface area contributed by atoms with Gasteiger partial charge in [0.05, 0.1) is 0 Å². The Morgan fingerprint density at radius 2 is 2.19 bits per heavy atom. The highest BCUT2D eigenvalue weighted by Crippen LogP contribution is 2.16. The molecular weight excluding hydrogens is 205 g/mol. The van der Waals surface area contributed by atoms with Gasteiger partial charge < -0.3 is 5.73 Å². The summed E-state index contributed by atoms with van der Waals surface area (Å²) in [5.74, 6) is -0.421. The minimum atomic E-state index is -0.322. The third kappa shape index (κ3) is 3.14. The average Bonchev–Trinajstić information content (AvgIpc) is 2.28. The lowest BCUT2D eigenvalue weighted by atomic mass is 9.94. The molecule has 88 valence electrons. The number of Topliss-reactive ketones (excluding diaryl/α,β-unsaturated/α-hetero) is 1. The van der Waals surface area contributed by atoms with Gasteiger partial charge >= 0.3 is 0 Å². The van der Waals surface area contributed by atoms with E-state index in [-0.39, 0.29) is 17.5 Å². The molecule has 1 aromatic rings. The molecule has 1 rings (SSSR count). The Balaban J connectivity index is 2.76. The summed E-state index contributed by atoms with van der Waals surface area (Å²) >= 11 is 0. The van der Waals surface area contributed by atoms with Crippen LogP contribution in [0.15, 0.2) is 18.2 Å². The summed E-state index contributed by atoms with van der Waals surface area (Å²) in [4.78, 5) is 11.9. The van der Waals surface area contributed by atoms with Gasteiger partial charge in [-0.15, -0.1) is 0 Å². The molecule has 0 fully saturated rings. The fourth-order valence-electron chi connectivity index (χ4n) is 1.59. The summed E-state index contributed by atoms with van der Waals surface area (Å²) in [6.07, 6.45) is 1.58. The number of hydrogen-bond acceptors (Lipinski definition) is 2. The minimum Gasteiger partial charge on any atom is -0.330 e. The van der Waals surface area contributed by atoms with Crippen molar-refractivity contribution in [1.29, 1.82) is 0 Å². The van der Waals surface area contributed by atoms with Gasteiger partial charge in [-0.1, -0.05) is 19.1 Å². The first-order valence-electron chi connectivity index (χ1n) is 5.56. The van der Waals surface area contributed by atoms with Gasteiger partial charge in [-0.2, -0.15) is 0 Å². The molecule has 16 heavy (non-hydrogen) atoms. The van der Waals surface area contributed by atoms with Crippen LogP contribution in [-0.4, -0.2) is 12.3 Å². The highest BCUT2D eigenvalue weighted by molar-refractivity contribution is 5.97. The van der Waals surface area contributed by atoms with Gasteiger partial charge in [-0.05, 0) is 37.9 Å². The quantitative estimate of drug-likeness (QED) is 0.780. The molecule has 0 spiro atoms. The standard InChI is InChI=1S/C13H18FNO/c1-9-5-6-11(8-12(9)14)13(16)10(2)4-3-7-15/h5-6,8,10H,3-4,7,15H2,1-2H3. The van der Waals surface area contributed by atoms with Crippen LogP contribution in [0.25, 0.3) is 0 Å². The van der Waals surface area contributed by atoms with Crippen LogP contribution in [-0.2, 0) is 0 Å². The van der Waals surface area contributed by atoms with E-state index in [0.717, 1.165) is 12.8 Å². The molecule has 0 aliphatic rings. The molecule has 1 unspecified atom stereocenters. The largest absolute Gasteiger partial charge is 0.330 e. The number of halogens is 1. The van der Waals surface area contributed by atoms with Gasteiger partial charge in [0.2, 0.25) is 0 Å². The zero-order valence-electron chi connectivity index (χ0n) is 9.79. The first kappa shape index (κ1) is 12.8. The molecule has 2 nitrogen and oxygen atoms in total. The Hall–Kier alpha value is -1.22. The molecule has 0 aliphatic carbocycles. The summed E-state index contributed by atoms with van der Waals surface area (Å²) in [5, 5.41) is 0. The number of carbonyl (C=O) groups excluding carboxylic acids is 1. The molecule has 0 aliphatic heterocycles. The van der Waals surface area contributed by atoms with Crippen molar-refractivity contribution < 1.29 is 9.18 Å². The van der Waals surface area contributed by atoms with Gasteiger partial charge in [0.15, 0.2) is 5.78 Å². The van der Waals surface area contributed by atoms with Crippen LogP contribution in [0.2, 0.25) is 0 Å². The molecular formula is C13H18FNO. The monoisotopic (exact) mass is 223 g/mol. The first-order chi connectivity index (χ1) is 7.56. The normalized spacial score (nSPS) is 12.5. The molecule has 1 aromatic carbocycles. The number of nitrogens with two attached hydrogens (primary N) is 1. The maximum absolute atomic E-state index is 13.3. The molecule has 2 N–H and O–H groups in total. The molecule has 0 amide bonds. The van der Waals surface area contributed by atoms with Gasteiger partial charge in [0.25, 0.3) is 0 Å². The number of rotatable bonds is 5. The van der Waals surface area contributed by atoms with Gasteiger partial charge in [0.1, 0.15) is 5.82 Å². The summed E-state index contributed by atoms with van der Waals surface area (Å²) < 4.78 is 13.3. The van der Waals surface area contributed by atoms with Crippen molar-refractivity contribution in [3.63, 3.8) is 0 Å². The maximum Gasteiger partial charge on any atom is 0.165 e. The van der Waals surface area contributed by atoms with Crippen molar-refractivity contribution in [2.24, 2.45) is 11.7 Å². The first-order valence-corrected chi connectivity index (χ1v) is 5.56. The number of ketones is 1. The summed E-state index contributed by atoms with van der Waals surface area (Å²) in [6, 6.07) is 4.63. The van der Waals surface area contributed by atoms with E-state index in [1.54, 1.807) is 19.1 Å². The zero-order chi connectivity index (χ0) is 12.1. The van der Waals surface area contributed by atoms with E-state index >= 15 is 0 Å². The van der Waals surface area contributed by atoms with E-state index in [2.05, 4.69) is 0 Å². The summed E-state index contributed by atoms with van der Waals surface area (Å²) in [6.45, 7) is 4.12. The van der Waals surface area contributed by atoms with Crippen molar-refractivity contribution >= 4 is 5.78 Å². The van der Waals surface area contributed by atoms with E-state index in [0.29, 0.717) is 17.7 Å². The Morgan fingerprint density at radius 1 is 1.50 bits per heavy atom. The number of carbonyl (C=O) groups is 1. The summed E-state index contributed by atoms with van der Waals surface area (Å²) in [7, 11) is 0. The van der Waals surface area contributed by atoms with Crippen LogP contribution >= 0.6 is 0 Å². The Kier molecular flexibility index (Phi) is 4.62. The average molecular weight is 223 g/mol. The van der Waals surface area contributed by atoms with Gasteiger partial charge in [-0.3, -0.25) is 4.79 Å². The maximum atomic E-state index is 13.3. The fraction of sp³-hybridized carbons (Fsp3) is 0.462. The number of benzene rings is 1. The minimum absolute atomic E-state index is 0.00708. The van der Waals surface area contributed by atoms with Gasteiger partial charge in [0, 0.05) is 11.5 Å². The second kappa shape index (κ2) is 5.75.